The van der Waals surface area contributed by atoms with Crippen molar-refractivity contribution in [1.29, 1.82) is 0 Å². The van der Waals surface area contributed by atoms with Crippen molar-refractivity contribution in [3.63, 3.8) is 0 Å². The van der Waals surface area contributed by atoms with Crippen LogP contribution in [0.5, 0.6) is 5.88 Å². The van der Waals surface area contributed by atoms with E-state index in [1.165, 1.54) is 0 Å². The zero-order valence-corrected chi connectivity index (χ0v) is 15.1. The van der Waals surface area contributed by atoms with E-state index in [1.54, 1.807) is 11.1 Å². The van der Waals surface area contributed by atoms with Gasteiger partial charge in [-0.3, -0.25) is 0 Å². The largest absolute Gasteiger partial charge is 0.476 e. The van der Waals surface area contributed by atoms with Crippen LogP contribution in [0.4, 0.5) is 4.79 Å². The first-order valence-electron chi connectivity index (χ1n) is 8.73. The lowest BCUT2D eigenvalue weighted by Crippen LogP contribution is -2.44. The second-order valence-electron chi connectivity index (χ2n) is 7.44. The minimum absolute atomic E-state index is 0.248. The van der Waals surface area contributed by atoms with Gasteiger partial charge in [-0.1, -0.05) is 12.1 Å². The fourth-order valence-electron chi connectivity index (χ4n) is 2.91. The van der Waals surface area contributed by atoms with Crippen LogP contribution in [-0.4, -0.2) is 46.3 Å². The van der Waals surface area contributed by atoms with Crippen molar-refractivity contribution in [3.05, 3.63) is 30.5 Å². The maximum absolute atomic E-state index is 12.2. The lowest BCUT2D eigenvalue weighted by atomic mass is 9.99. The molecular formula is C19H25N3O3. The van der Waals surface area contributed by atoms with E-state index >= 15 is 0 Å². The van der Waals surface area contributed by atoms with Gasteiger partial charge in [0.2, 0.25) is 5.88 Å². The van der Waals surface area contributed by atoms with Crippen LogP contribution in [0, 0.1) is 5.92 Å². The van der Waals surface area contributed by atoms with E-state index in [2.05, 4.69) is 9.97 Å². The van der Waals surface area contributed by atoms with Crippen LogP contribution in [-0.2, 0) is 4.74 Å². The number of ether oxygens (including phenoxy) is 2. The van der Waals surface area contributed by atoms with E-state index in [9.17, 15) is 4.79 Å². The molecule has 1 aromatic carbocycles. The third kappa shape index (κ3) is 4.81. The highest BCUT2D eigenvalue weighted by Crippen LogP contribution is 2.21. The Morgan fingerprint density at radius 1 is 1.28 bits per heavy atom. The average molecular weight is 343 g/mol. The minimum atomic E-state index is -0.471. The van der Waals surface area contributed by atoms with Crippen LogP contribution in [0.2, 0.25) is 0 Å². The van der Waals surface area contributed by atoms with Crippen molar-refractivity contribution >= 4 is 17.1 Å². The molecular weight excluding hydrogens is 318 g/mol. The number of aromatic nitrogens is 2. The highest BCUT2D eigenvalue weighted by atomic mass is 16.6. The molecule has 1 aliphatic heterocycles. The van der Waals surface area contributed by atoms with E-state index in [-0.39, 0.29) is 12.0 Å². The number of piperidine rings is 1. The number of amides is 1. The number of fused-ring (bicyclic) bond motifs is 1. The van der Waals surface area contributed by atoms with Gasteiger partial charge in [0.15, 0.2) is 0 Å². The molecule has 1 saturated heterocycles. The lowest BCUT2D eigenvalue weighted by Gasteiger charge is -2.33. The number of carbonyl (C=O) groups is 1. The summed E-state index contributed by atoms with van der Waals surface area (Å²) in [5.74, 6) is 0.794. The molecule has 0 spiro atoms. The highest BCUT2D eigenvalue weighted by Gasteiger charge is 2.28. The molecule has 0 aliphatic carbocycles. The number of benzene rings is 1. The maximum atomic E-state index is 12.2. The van der Waals surface area contributed by atoms with Crippen molar-refractivity contribution in [1.82, 2.24) is 14.9 Å². The van der Waals surface area contributed by atoms with E-state index in [4.69, 9.17) is 9.47 Å². The van der Waals surface area contributed by atoms with Gasteiger partial charge in [0.25, 0.3) is 0 Å². The summed E-state index contributed by atoms with van der Waals surface area (Å²) in [7, 11) is 0. The molecule has 1 fully saturated rings. The number of hydrogen-bond acceptors (Lipinski definition) is 5. The molecule has 1 amide bonds. The molecule has 6 nitrogen and oxygen atoms in total. The van der Waals surface area contributed by atoms with Crippen LogP contribution < -0.4 is 4.74 Å². The normalized spacial score (nSPS) is 18.2. The number of para-hydroxylation sites is 2. The number of likely N-dealkylation sites (tertiary alicyclic amines) is 1. The SMILES string of the molecule is CC(C)(C)OC(=O)N1CCCC(COc2cnc3ccccc3n2)C1. The molecule has 0 saturated carbocycles. The molecule has 1 atom stereocenters. The summed E-state index contributed by atoms with van der Waals surface area (Å²) < 4.78 is 11.3. The van der Waals surface area contributed by atoms with Crippen LogP contribution in [0.3, 0.4) is 0 Å². The zero-order chi connectivity index (χ0) is 17.9. The van der Waals surface area contributed by atoms with E-state index in [0.717, 1.165) is 30.4 Å². The minimum Gasteiger partial charge on any atom is -0.476 e. The average Bonchev–Trinajstić information content (AvgIpc) is 2.58. The Morgan fingerprint density at radius 3 is 2.80 bits per heavy atom. The molecule has 0 N–H and O–H groups in total. The molecule has 0 radical (unpaired) electrons. The van der Waals surface area contributed by atoms with Gasteiger partial charge in [-0.15, -0.1) is 0 Å². The number of carbonyl (C=O) groups excluding carboxylic acids is 1. The number of nitrogens with zero attached hydrogens (tertiary/aromatic N) is 3. The Hall–Kier alpha value is -2.37. The Bertz CT molecular complexity index is 742. The second kappa shape index (κ2) is 7.25. The van der Waals surface area contributed by atoms with Crippen molar-refractivity contribution in [2.75, 3.05) is 19.7 Å². The van der Waals surface area contributed by atoms with Gasteiger partial charge < -0.3 is 14.4 Å². The maximum Gasteiger partial charge on any atom is 0.410 e. The molecule has 2 aromatic rings. The van der Waals surface area contributed by atoms with Crippen LogP contribution in [0.25, 0.3) is 11.0 Å². The third-order valence-electron chi connectivity index (χ3n) is 4.06. The standard InChI is InChI=1S/C19H25N3O3/c1-19(2,3)25-18(23)22-10-6-7-14(12-22)13-24-17-11-20-15-8-4-5-9-16(15)21-17/h4-5,8-9,11,14H,6-7,10,12-13H2,1-3H3. The Balaban J connectivity index is 1.56. The summed E-state index contributed by atoms with van der Waals surface area (Å²) in [5, 5.41) is 0. The lowest BCUT2D eigenvalue weighted by molar-refractivity contribution is 0.0138. The van der Waals surface area contributed by atoms with Crippen molar-refractivity contribution in [3.8, 4) is 5.88 Å². The fourth-order valence-corrected chi connectivity index (χ4v) is 2.91. The quantitative estimate of drug-likeness (QED) is 0.851. The summed E-state index contributed by atoms with van der Waals surface area (Å²) in [6.07, 6.45) is 3.39. The van der Waals surface area contributed by atoms with Gasteiger partial charge in [-0.2, -0.15) is 0 Å². The molecule has 1 unspecified atom stereocenters. The summed E-state index contributed by atoms with van der Waals surface area (Å²) in [6, 6.07) is 7.71. The first-order valence-corrected chi connectivity index (χ1v) is 8.73. The molecule has 1 aliphatic rings. The van der Waals surface area contributed by atoms with Crippen molar-refractivity contribution in [2.45, 2.75) is 39.2 Å². The molecule has 3 rings (SSSR count). The van der Waals surface area contributed by atoms with Gasteiger partial charge >= 0.3 is 6.09 Å². The first kappa shape index (κ1) is 17.5. The third-order valence-corrected chi connectivity index (χ3v) is 4.06. The highest BCUT2D eigenvalue weighted by molar-refractivity contribution is 5.73. The van der Waals surface area contributed by atoms with E-state index < -0.39 is 5.60 Å². The molecule has 0 bridgehead atoms. The molecule has 2 heterocycles. The Morgan fingerprint density at radius 2 is 2.04 bits per heavy atom. The van der Waals surface area contributed by atoms with Crippen molar-refractivity contribution < 1.29 is 14.3 Å². The summed E-state index contributed by atoms with van der Waals surface area (Å²) in [6.45, 7) is 7.55. The Labute approximate surface area is 148 Å². The molecule has 1 aromatic heterocycles. The van der Waals surface area contributed by atoms with E-state index in [0.29, 0.717) is 19.0 Å². The smallest absolute Gasteiger partial charge is 0.410 e. The van der Waals surface area contributed by atoms with Crippen LogP contribution in [0.1, 0.15) is 33.6 Å². The van der Waals surface area contributed by atoms with Gasteiger partial charge in [0.1, 0.15) is 5.60 Å². The Kier molecular flexibility index (Phi) is 5.06. The summed E-state index contributed by atoms with van der Waals surface area (Å²) in [5.41, 5.74) is 1.20. The zero-order valence-electron chi connectivity index (χ0n) is 15.1. The van der Waals surface area contributed by atoms with Gasteiger partial charge in [0.05, 0.1) is 23.8 Å². The van der Waals surface area contributed by atoms with E-state index in [1.807, 2.05) is 45.0 Å². The van der Waals surface area contributed by atoms with Crippen LogP contribution in [0.15, 0.2) is 30.5 Å². The fraction of sp³-hybridized carbons (Fsp3) is 0.526. The molecule has 25 heavy (non-hydrogen) atoms. The second-order valence-corrected chi connectivity index (χ2v) is 7.44. The summed E-state index contributed by atoms with van der Waals surface area (Å²) in [4.78, 5) is 22.8. The predicted octanol–water partition coefficient (Wildman–Crippen LogP) is 3.66. The summed E-state index contributed by atoms with van der Waals surface area (Å²) >= 11 is 0. The first-order chi connectivity index (χ1) is 11.9. The van der Waals surface area contributed by atoms with Gasteiger partial charge in [-0.25, -0.2) is 14.8 Å². The molecule has 134 valence electrons. The van der Waals surface area contributed by atoms with Crippen LogP contribution >= 0.6 is 0 Å². The number of rotatable bonds is 3. The molecule has 6 heteroatoms. The monoisotopic (exact) mass is 343 g/mol. The number of hydrogen-bond donors (Lipinski definition) is 0. The predicted molar refractivity (Wildman–Crippen MR) is 95.6 cm³/mol. The van der Waals surface area contributed by atoms with Gasteiger partial charge in [-0.05, 0) is 45.7 Å². The van der Waals surface area contributed by atoms with Crippen molar-refractivity contribution in [2.24, 2.45) is 5.92 Å². The van der Waals surface area contributed by atoms with Gasteiger partial charge in [0, 0.05) is 19.0 Å². The topological polar surface area (TPSA) is 64.5 Å².